The Hall–Kier alpha value is -2.68. The molecule has 152 valence electrons. The van der Waals surface area contributed by atoms with E-state index in [2.05, 4.69) is 10.4 Å². The van der Waals surface area contributed by atoms with Gasteiger partial charge in [-0.3, -0.25) is 9.36 Å². The molecule has 0 aliphatic heterocycles. The fourth-order valence-electron chi connectivity index (χ4n) is 2.83. The van der Waals surface area contributed by atoms with Gasteiger partial charge in [0.15, 0.2) is 0 Å². The molecule has 0 saturated carbocycles. The molecule has 0 bridgehead atoms. The molecule has 7 nitrogen and oxygen atoms in total. The van der Waals surface area contributed by atoms with Gasteiger partial charge in [-0.05, 0) is 61.6 Å². The zero-order chi connectivity index (χ0) is 21.0. The van der Waals surface area contributed by atoms with Crippen molar-refractivity contribution < 1.29 is 14.6 Å². The molecule has 1 heterocycles. The lowest BCUT2D eigenvalue weighted by molar-refractivity contribution is -0.114. The third kappa shape index (κ3) is 5.44. The second-order valence-corrected chi connectivity index (χ2v) is 7.30. The van der Waals surface area contributed by atoms with E-state index >= 15 is 0 Å². The maximum absolute atomic E-state index is 11.3. The summed E-state index contributed by atoms with van der Waals surface area (Å²) in [7, 11) is 0. The molecule has 9 heteroatoms. The van der Waals surface area contributed by atoms with Crippen LogP contribution in [0.2, 0.25) is 5.02 Å². The van der Waals surface area contributed by atoms with Gasteiger partial charge in [-0.1, -0.05) is 17.7 Å². The molecule has 3 rings (SSSR count). The van der Waals surface area contributed by atoms with Crippen molar-refractivity contribution >= 4 is 35.4 Å². The van der Waals surface area contributed by atoms with Crippen molar-refractivity contribution in [3.8, 4) is 11.4 Å². The molecule has 0 saturated heterocycles. The van der Waals surface area contributed by atoms with Gasteiger partial charge in [-0.25, -0.2) is 4.68 Å². The van der Waals surface area contributed by atoms with Crippen LogP contribution in [0.4, 0.5) is 5.69 Å². The predicted molar refractivity (Wildman–Crippen MR) is 114 cm³/mol. The Kier molecular flexibility index (Phi) is 6.68. The average molecular weight is 433 g/mol. The molecule has 0 spiro atoms. The topological polar surface area (TPSA) is 81.3 Å². The number of hydrogen-bond donors (Lipinski definition) is 2. The van der Waals surface area contributed by atoms with Crippen molar-refractivity contribution in [2.24, 2.45) is 0 Å². The summed E-state index contributed by atoms with van der Waals surface area (Å²) in [6, 6.07) is 14.2. The molecule has 1 amide bonds. The van der Waals surface area contributed by atoms with Crippen LogP contribution in [0.25, 0.3) is 5.69 Å². The molecule has 29 heavy (non-hydrogen) atoms. The third-order valence-electron chi connectivity index (χ3n) is 4.07. The fraction of sp³-hybridized carbons (Fsp3) is 0.250. The minimum absolute atomic E-state index is 0.0906. The number of aromatic nitrogens is 3. The number of nitrogens with one attached hydrogen (secondary N) is 1. The number of rotatable bonds is 7. The van der Waals surface area contributed by atoms with Crippen molar-refractivity contribution in [1.29, 1.82) is 0 Å². The number of halogens is 1. The van der Waals surface area contributed by atoms with Crippen LogP contribution in [-0.4, -0.2) is 38.1 Å². The molecule has 0 radical (unpaired) electrons. The van der Waals surface area contributed by atoms with E-state index in [1.807, 2.05) is 25.1 Å². The first-order chi connectivity index (χ1) is 13.8. The number of hydrogen-bond acceptors (Lipinski definition) is 5. The van der Waals surface area contributed by atoms with E-state index < -0.39 is 6.10 Å². The summed E-state index contributed by atoms with van der Waals surface area (Å²) < 4.78 is 9.36. The number of aryl methyl sites for hydroxylation is 1. The van der Waals surface area contributed by atoms with Crippen LogP contribution in [0.1, 0.15) is 12.7 Å². The number of ether oxygens (including phenoxy) is 1. The zero-order valence-corrected chi connectivity index (χ0v) is 17.6. The van der Waals surface area contributed by atoms with E-state index in [-0.39, 0.29) is 19.1 Å². The van der Waals surface area contributed by atoms with Gasteiger partial charge in [0.2, 0.25) is 10.7 Å². The molecule has 1 unspecified atom stereocenters. The van der Waals surface area contributed by atoms with Gasteiger partial charge in [0.25, 0.3) is 0 Å². The molecule has 2 N–H and O–H groups in total. The Labute approximate surface area is 178 Å². The van der Waals surface area contributed by atoms with E-state index in [1.165, 1.54) is 6.92 Å². The number of carbonyl (C=O) groups is 1. The molecule has 2 aromatic carbocycles. The highest BCUT2D eigenvalue weighted by Gasteiger charge is 2.14. The van der Waals surface area contributed by atoms with E-state index in [0.29, 0.717) is 27.1 Å². The highest BCUT2D eigenvalue weighted by Crippen LogP contribution is 2.18. The van der Waals surface area contributed by atoms with Gasteiger partial charge in [-0.15, -0.1) is 0 Å². The summed E-state index contributed by atoms with van der Waals surface area (Å²) in [5.74, 6) is 1.14. The van der Waals surface area contributed by atoms with Gasteiger partial charge in [0, 0.05) is 17.6 Å². The number of aliphatic hydroxyl groups is 1. The van der Waals surface area contributed by atoms with Crippen molar-refractivity contribution in [1.82, 2.24) is 14.3 Å². The lowest BCUT2D eigenvalue weighted by Gasteiger charge is -2.12. The summed E-state index contributed by atoms with van der Waals surface area (Å²) in [5.41, 5.74) is 1.44. The van der Waals surface area contributed by atoms with Crippen LogP contribution in [0.5, 0.6) is 5.75 Å². The molecule has 3 aromatic rings. The smallest absolute Gasteiger partial charge is 0.221 e. The molecule has 1 atom stereocenters. The quantitative estimate of drug-likeness (QED) is 0.555. The molecule has 1 aromatic heterocycles. The normalized spacial score (nSPS) is 11.9. The number of benzene rings is 2. The minimum atomic E-state index is -0.800. The number of anilines is 1. The number of amides is 1. The van der Waals surface area contributed by atoms with Crippen LogP contribution in [0.15, 0.2) is 48.5 Å². The first-order valence-electron chi connectivity index (χ1n) is 8.94. The molecule has 0 aliphatic rings. The summed E-state index contributed by atoms with van der Waals surface area (Å²) >= 11 is 11.4. The van der Waals surface area contributed by atoms with Crippen LogP contribution >= 0.6 is 23.8 Å². The minimum Gasteiger partial charge on any atom is -0.491 e. The average Bonchev–Trinajstić information content (AvgIpc) is 2.94. The van der Waals surface area contributed by atoms with E-state index in [1.54, 1.807) is 39.6 Å². The van der Waals surface area contributed by atoms with Gasteiger partial charge < -0.3 is 15.2 Å². The van der Waals surface area contributed by atoms with E-state index in [0.717, 1.165) is 5.69 Å². The predicted octanol–water partition coefficient (Wildman–Crippen LogP) is 3.76. The van der Waals surface area contributed by atoms with Crippen molar-refractivity contribution in [3.63, 3.8) is 0 Å². The summed E-state index contributed by atoms with van der Waals surface area (Å²) in [6.45, 7) is 3.56. The number of aliphatic hydroxyl groups excluding tert-OH is 1. The standard InChI is InChI=1S/C20H21ClN4O3S/c1-13-23-24(11-18(27)12-28-19-8-6-15(21)7-9-19)20(29)25(13)17-5-3-4-16(10-17)22-14(2)26/h3-10,18,27H,11-12H2,1-2H3,(H,22,26). The Bertz CT molecular complexity index is 1060. The lowest BCUT2D eigenvalue weighted by atomic mass is 10.2. The molecular weight excluding hydrogens is 412 g/mol. The van der Waals surface area contributed by atoms with Crippen molar-refractivity contribution in [2.75, 3.05) is 11.9 Å². The fourth-order valence-corrected chi connectivity index (χ4v) is 3.31. The van der Waals surface area contributed by atoms with E-state index in [4.69, 9.17) is 28.6 Å². The largest absolute Gasteiger partial charge is 0.491 e. The van der Waals surface area contributed by atoms with Gasteiger partial charge in [0.05, 0.1) is 12.2 Å². The summed E-state index contributed by atoms with van der Waals surface area (Å²) in [5, 5.41) is 18.1. The maximum Gasteiger partial charge on any atom is 0.221 e. The van der Waals surface area contributed by atoms with Crippen LogP contribution < -0.4 is 10.1 Å². The highest BCUT2D eigenvalue weighted by molar-refractivity contribution is 7.71. The van der Waals surface area contributed by atoms with Crippen LogP contribution in [-0.2, 0) is 11.3 Å². The Morgan fingerprint density at radius 3 is 2.72 bits per heavy atom. The van der Waals surface area contributed by atoms with Crippen LogP contribution in [0.3, 0.4) is 0 Å². The summed E-state index contributed by atoms with van der Waals surface area (Å²) in [6.07, 6.45) is -0.800. The second kappa shape index (κ2) is 9.21. The number of carbonyl (C=O) groups excluding carboxylic acids is 1. The summed E-state index contributed by atoms with van der Waals surface area (Å²) in [4.78, 5) is 11.3. The SMILES string of the molecule is CC(=O)Nc1cccc(-n2c(C)nn(CC(O)COc3ccc(Cl)cc3)c2=S)c1. The Morgan fingerprint density at radius 1 is 1.31 bits per heavy atom. The Morgan fingerprint density at radius 2 is 2.03 bits per heavy atom. The highest BCUT2D eigenvalue weighted by atomic mass is 35.5. The van der Waals surface area contributed by atoms with E-state index in [9.17, 15) is 9.90 Å². The monoisotopic (exact) mass is 432 g/mol. The van der Waals surface area contributed by atoms with Gasteiger partial charge in [-0.2, -0.15) is 5.10 Å². The van der Waals surface area contributed by atoms with Gasteiger partial charge >= 0.3 is 0 Å². The second-order valence-electron chi connectivity index (χ2n) is 6.50. The first kappa shape index (κ1) is 21.0. The maximum atomic E-state index is 11.3. The lowest BCUT2D eigenvalue weighted by Crippen LogP contribution is -2.24. The number of nitrogens with zero attached hydrogens (tertiary/aromatic N) is 3. The van der Waals surface area contributed by atoms with Crippen molar-refractivity contribution in [3.05, 3.63) is 64.1 Å². The van der Waals surface area contributed by atoms with Crippen molar-refractivity contribution in [2.45, 2.75) is 26.5 Å². The molecule has 0 aliphatic carbocycles. The zero-order valence-electron chi connectivity index (χ0n) is 16.0. The van der Waals surface area contributed by atoms with Crippen LogP contribution in [0, 0.1) is 11.7 Å². The molecular formula is C20H21ClN4O3S. The first-order valence-corrected chi connectivity index (χ1v) is 9.73. The molecule has 0 fully saturated rings. The third-order valence-corrected chi connectivity index (χ3v) is 4.71. The Balaban J connectivity index is 1.73. The van der Waals surface area contributed by atoms with Gasteiger partial charge in [0.1, 0.15) is 24.3 Å².